The summed E-state index contributed by atoms with van der Waals surface area (Å²) in [5, 5.41) is -0.0304. The second-order valence-corrected chi connectivity index (χ2v) is 4.43. The molecular formula is C14H12F3NO3. The van der Waals surface area contributed by atoms with Crippen molar-refractivity contribution < 1.29 is 22.7 Å². The van der Waals surface area contributed by atoms with Crippen LogP contribution >= 0.6 is 0 Å². The largest absolute Gasteiger partial charge is 0.469 e. The number of nitrogens with zero attached hydrogens (tertiary/aromatic N) is 1. The molecule has 0 aliphatic rings. The number of hydrogen-bond donors (Lipinski definition) is 0. The molecule has 0 radical (unpaired) electrons. The van der Waals surface area contributed by atoms with Gasteiger partial charge in [0.25, 0.3) is 0 Å². The Morgan fingerprint density at radius 3 is 2.62 bits per heavy atom. The maximum absolute atomic E-state index is 12.7. The molecule has 0 N–H and O–H groups in total. The van der Waals surface area contributed by atoms with E-state index < -0.39 is 23.1 Å². The predicted molar refractivity (Wildman–Crippen MR) is 69.8 cm³/mol. The van der Waals surface area contributed by atoms with E-state index in [2.05, 4.69) is 4.74 Å². The smallest absolute Gasteiger partial charge is 0.416 e. The molecule has 0 unspecified atom stereocenters. The molecule has 0 spiro atoms. The van der Waals surface area contributed by atoms with E-state index in [9.17, 15) is 22.8 Å². The lowest BCUT2D eigenvalue weighted by atomic mass is 10.1. The van der Waals surface area contributed by atoms with E-state index in [0.717, 1.165) is 12.1 Å². The molecule has 7 heteroatoms. The second kappa shape index (κ2) is 5.59. The van der Waals surface area contributed by atoms with Crippen LogP contribution in [0.2, 0.25) is 0 Å². The first-order chi connectivity index (χ1) is 9.82. The number of methoxy groups -OCH3 is 1. The first kappa shape index (κ1) is 15.1. The molecule has 0 saturated heterocycles. The van der Waals surface area contributed by atoms with Crippen molar-refractivity contribution in [1.82, 2.24) is 4.57 Å². The molecule has 2 aromatic rings. The Kier molecular flexibility index (Phi) is 4.02. The number of carbonyl (C=O) groups is 1. The lowest BCUT2D eigenvalue weighted by Gasteiger charge is -2.12. The van der Waals surface area contributed by atoms with Crippen LogP contribution in [0.15, 0.2) is 35.3 Å². The molecule has 2 rings (SSSR count). The molecule has 21 heavy (non-hydrogen) atoms. The van der Waals surface area contributed by atoms with E-state index in [1.165, 1.54) is 25.4 Å². The van der Waals surface area contributed by atoms with Crippen LogP contribution in [0.3, 0.4) is 0 Å². The van der Waals surface area contributed by atoms with Gasteiger partial charge in [-0.3, -0.25) is 9.59 Å². The summed E-state index contributed by atoms with van der Waals surface area (Å²) in [7, 11) is 1.25. The van der Waals surface area contributed by atoms with Crippen molar-refractivity contribution in [2.45, 2.75) is 19.1 Å². The van der Waals surface area contributed by atoms with Gasteiger partial charge in [0.05, 0.1) is 24.6 Å². The Labute approximate surface area is 117 Å². The molecule has 1 aromatic carbocycles. The number of halogens is 3. The summed E-state index contributed by atoms with van der Waals surface area (Å²) >= 11 is 0. The second-order valence-electron chi connectivity index (χ2n) is 4.43. The minimum atomic E-state index is -4.51. The third-order valence-corrected chi connectivity index (χ3v) is 3.09. The Balaban J connectivity index is 2.48. The lowest BCUT2D eigenvalue weighted by Crippen LogP contribution is -2.13. The molecule has 1 heterocycles. The average molecular weight is 299 g/mol. The average Bonchev–Trinajstić information content (AvgIpc) is 2.45. The number of hydrogen-bond acceptors (Lipinski definition) is 3. The van der Waals surface area contributed by atoms with Crippen molar-refractivity contribution in [3.8, 4) is 0 Å². The first-order valence-corrected chi connectivity index (χ1v) is 6.10. The van der Waals surface area contributed by atoms with E-state index in [1.54, 1.807) is 4.57 Å². The van der Waals surface area contributed by atoms with E-state index in [-0.39, 0.29) is 18.4 Å². The first-order valence-electron chi connectivity index (χ1n) is 6.10. The molecule has 1 aromatic heterocycles. The number of rotatable bonds is 3. The van der Waals surface area contributed by atoms with E-state index >= 15 is 0 Å². The number of fused-ring (bicyclic) bond motifs is 1. The molecule has 0 bridgehead atoms. The molecule has 4 nitrogen and oxygen atoms in total. The van der Waals surface area contributed by atoms with E-state index in [4.69, 9.17) is 0 Å². The highest BCUT2D eigenvalue weighted by atomic mass is 19.4. The molecule has 0 atom stereocenters. The number of esters is 1. The van der Waals surface area contributed by atoms with Gasteiger partial charge in [0.2, 0.25) is 0 Å². The van der Waals surface area contributed by atoms with Crippen molar-refractivity contribution >= 4 is 16.9 Å². The van der Waals surface area contributed by atoms with Gasteiger partial charge in [-0.05, 0) is 18.2 Å². The fourth-order valence-corrected chi connectivity index (χ4v) is 2.00. The van der Waals surface area contributed by atoms with Gasteiger partial charge >= 0.3 is 12.1 Å². The lowest BCUT2D eigenvalue weighted by molar-refractivity contribution is -0.141. The zero-order chi connectivity index (χ0) is 15.6. The SMILES string of the molecule is COC(=O)CCn1ccc(=O)c2cc(C(F)(F)F)ccc21. The highest BCUT2D eigenvalue weighted by Gasteiger charge is 2.30. The highest BCUT2D eigenvalue weighted by Crippen LogP contribution is 2.30. The minimum Gasteiger partial charge on any atom is -0.469 e. The summed E-state index contributed by atoms with van der Waals surface area (Å²) in [6.07, 6.45) is -3.00. The van der Waals surface area contributed by atoms with Gasteiger partial charge in [-0.15, -0.1) is 0 Å². The number of aryl methyl sites for hydroxylation is 1. The standard InChI is InChI=1S/C14H12F3NO3/c1-21-13(20)5-7-18-6-4-12(19)10-8-9(14(15,16)17)2-3-11(10)18/h2-4,6,8H,5,7H2,1H3. The van der Waals surface area contributed by atoms with Crippen LogP contribution < -0.4 is 5.43 Å². The van der Waals surface area contributed by atoms with E-state index in [1.807, 2.05) is 0 Å². The van der Waals surface area contributed by atoms with Gasteiger partial charge in [-0.25, -0.2) is 0 Å². The third-order valence-electron chi connectivity index (χ3n) is 3.09. The molecule has 0 amide bonds. The summed E-state index contributed by atoms with van der Waals surface area (Å²) in [6.45, 7) is 0.217. The number of benzene rings is 1. The van der Waals surface area contributed by atoms with Gasteiger partial charge in [0.15, 0.2) is 5.43 Å². The molecule has 0 aliphatic carbocycles. The Morgan fingerprint density at radius 1 is 1.29 bits per heavy atom. The monoisotopic (exact) mass is 299 g/mol. The van der Waals surface area contributed by atoms with Crippen molar-refractivity contribution in [2.24, 2.45) is 0 Å². The van der Waals surface area contributed by atoms with Crippen molar-refractivity contribution in [2.75, 3.05) is 7.11 Å². The molecular weight excluding hydrogens is 287 g/mol. The van der Waals surface area contributed by atoms with Crippen LogP contribution in [0.4, 0.5) is 13.2 Å². The van der Waals surface area contributed by atoms with Crippen molar-refractivity contribution in [3.63, 3.8) is 0 Å². The fourth-order valence-electron chi connectivity index (χ4n) is 2.00. The van der Waals surface area contributed by atoms with Crippen LogP contribution in [0.1, 0.15) is 12.0 Å². The van der Waals surface area contributed by atoms with Gasteiger partial charge < -0.3 is 9.30 Å². The zero-order valence-electron chi connectivity index (χ0n) is 11.1. The van der Waals surface area contributed by atoms with Crippen LogP contribution in [-0.4, -0.2) is 17.6 Å². The van der Waals surface area contributed by atoms with Gasteiger partial charge in [-0.2, -0.15) is 13.2 Å². The van der Waals surface area contributed by atoms with Crippen LogP contribution in [-0.2, 0) is 22.3 Å². The summed E-state index contributed by atoms with van der Waals surface area (Å²) in [5.74, 6) is -0.436. The molecule has 0 aliphatic heterocycles. The van der Waals surface area contributed by atoms with Gasteiger partial charge in [0.1, 0.15) is 0 Å². The maximum atomic E-state index is 12.7. The number of aromatic nitrogens is 1. The number of carbonyl (C=O) groups excluding carboxylic acids is 1. The molecule has 0 fully saturated rings. The minimum absolute atomic E-state index is 0.0304. The molecule has 0 saturated carbocycles. The number of pyridine rings is 1. The van der Waals surface area contributed by atoms with Crippen LogP contribution in [0, 0.1) is 0 Å². The number of ether oxygens (including phenoxy) is 1. The normalized spacial score (nSPS) is 11.6. The molecule has 112 valence electrons. The van der Waals surface area contributed by atoms with E-state index in [0.29, 0.717) is 5.52 Å². The van der Waals surface area contributed by atoms with Gasteiger partial charge in [0, 0.05) is 24.2 Å². The summed E-state index contributed by atoms with van der Waals surface area (Å²) in [6, 6.07) is 4.15. The summed E-state index contributed by atoms with van der Waals surface area (Å²) in [4.78, 5) is 22.9. The van der Waals surface area contributed by atoms with Crippen LogP contribution in [0.25, 0.3) is 10.9 Å². The number of alkyl halides is 3. The predicted octanol–water partition coefficient (Wildman–Crippen LogP) is 2.58. The van der Waals surface area contributed by atoms with Crippen molar-refractivity contribution in [3.05, 3.63) is 46.2 Å². The zero-order valence-corrected chi connectivity index (χ0v) is 11.1. The Morgan fingerprint density at radius 2 is 2.00 bits per heavy atom. The maximum Gasteiger partial charge on any atom is 0.416 e. The quantitative estimate of drug-likeness (QED) is 0.818. The Bertz CT molecular complexity index is 734. The van der Waals surface area contributed by atoms with Gasteiger partial charge in [-0.1, -0.05) is 0 Å². The fraction of sp³-hybridized carbons (Fsp3) is 0.286. The third kappa shape index (κ3) is 3.24. The summed E-state index contributed by atoms with van der Waals surface area (Å²) < 4.78 is 44.1. The summed E-state index contributed by atoms with van der Waals surface area (Å²) in [5.41, 5.74) is -1.03. The topological polar surface area (TPSA) is 48.3 Å². The van der Waals surface area contributed by atoms with Crippen LogP contribution in [0.5, 0.6) is 0 Å². The Hall–Kier alpha value is -2.31. The highest BCUT2D eigenvalue weighted by molar-refractivity contribution is 5.80. The van der Waals surface area contributed by atoms with Crippen molar-refractivity contribution in [1.29, 1.82) is 0 Å².